The summed E-state index contributed by atoms with van der Waals surface area (Å²) in [6, 6.07) is 16.4. The van der Waals surface area contributed by atoms with Crippen LogP contribution in [0.1, 0.15) is 34.6 Å². The van der Waals surface area contributed by atoms with Crippen LogP contribution < -0.4 is 5.32 Å². The quantitative estimate of drug-likeness (QED) is 0.601. The van der Waals surface area contributed by atoms with Crippen LogP contribution in [0.15, 0.2) is 60.7 Å². The number of ether oxygens (including phenoxy) is 2. The van der Waals surface area contributed by atoms with Crippen molar-refractivity contribution in [1.82, 2.24) is 0 Å². The molecule has 0 saturated carbocycles. The SMILES string of the molecule is CC(C)OC(=O)c1ccc(NC(=O)COC(=O)c2cc3ccccc3cc2O)cc1. The number of amides is 1. The molecule has 0 fully saturated rings. The Labute approximate surface area is 173 Å². The molecule has 7 heteroatoms. The van der Waals surface area contributed by atoms with Crippen molar-refractivity contribution in [3.05, 3.63) is 71.8 Å². The van der Waals surface area contributed by atoms with E-state index in [9.17, 15) is 19.5 Å². The molecule has 0 aliphatic carbocycles. The van der Waals surface area contributed by atoms with E-state index >= 15 is 0 Å². The molecule has 0 aliphatic rings. The van der Waals surface area contributed by atoms with E-state index < -0.39 is 24.5 Å². The molecule has 0 atom stereocenters. The Kier molecular flexibility index (Phi) is 6.32. The third kappa shape index (κ3) is 5.14. The van der Waals surface area contributed by atoms with E-state index in [0.29, 0.717) is 11.3 Å². The predicted molar refractivity (Wildman–Crippen MR) is 112 cm³/mol. The molecule has 0 aliphatic heterocycles. The van der Waals surface area contributed by atoms with Crippen molar-refractivity contribution in [1.29, 1.82) is 0 Å². The maximum absolute atomic E-state index is 12.3. The molecule has 0 spiro atoms. The zero-order valence-corrected chi connectivity index (χ0v) is 16.5. The minimum Gasteiger partial charge on any atom is -0.507 e. The number of aromatic hydroxyl groups is 1. The van der Waals surface area contributed by atoms with E-state index in [1.165, 1.54) is 24.3 Å². The molecule has 0 bridgehead atoms. The lowest BCUT2D eigenvalue weighted by Crippen LogP contribution is -2.21. The number of anilines is 1. The standard InChI is InChI=1S/C23H21NO6/c1-14(2)30-22(27)15-7-9-18(10-8-15)24-21(26)13-29-23(28)19-11-16-5-3-4-6-17(16)12-20(19)25/h3-12,14,25H,13H2,1-2H3,(H,24,26). The largest absolute Gasteiger partial charge is 0.507 e. The minimum atomic E-state index is -0.805. The third-order valence-electron chi connectivity index (χ3n) is 4.17. The molecule has 0 radical (unpaired) electrons. The molecule has 0 unspecified atom stereocenters. The van der Waals surface area contributed by atoms with Gasteiger partial charge in [0.25, 0.3) is 5.91 Å². The summed E-state index contributed by atoms with van der Waals surface area (Å²) in [4.78, 5) is 36.2. The average Bonchev–Trinajstić information content (AvgIpc) is 2.71. The second-order valence-corrected chi connectivity index (χ2v) is 6.87. The molecule has 7 nitrogen and oxygen atoms in total. The summed E-state index contributed by atoms with van der Waals surface area (Å²) in [7, 11) is 0. The number of carbonyl (C=O) groups is 3. The summed E-state index contributed by atoms with van der Waals surface area (Å²) in [5, 5.41) is 14.2. The fourth-order valence-corrected chi connectivity index (χ4v) is 2.77. The van der Waals surface area contributed by atoms with Gasteiger partial charge in [0.05, 0.1) is 11.7 Å². The number of rotatable bonds is 6. The fraction of sp³-hybridized carbons (Fsp3) is 0.174. The van der Waals surface area contributed by atoms with Gasteiger partial charge in [0.1, 0.15) is 11.3 Å². The van der Waals surface area contributed by atoms with Gasteiger partial charge in [0, 0.05) is 5.69 Å². The first-order valence-corrected chi connectivity index (χ1v) is 9.33. The van der Waals surface area contributed by atoms with Gasteiger partial charge in [0.15, 0.2) is 6.61 Å². The monoisotopic (exact) mass is 407 g/mol. The first-order chi connectivity index (χ1) is 14.3. The lowest BCUT2D eigenvalue weighted by Gasteiger charge is -2.10. The molecule has 1 amide bonds. The molecule has 0 aromatic heterocycles. The van der Waals surface area contributed by atoms with Crippen molar-refractivity contribution in [3.63, 3.8) is 0 Å². The summed E-state index contributed by atoms with van der Waals surface area (Å²) in [6.45, 7) is 2.99. The van der Waals surface area contributed by atoms with Gasteiger partial charge in [-0.05, 0) is 61.0 Å². The normalized spacial score (nSPS) is 10.6. The highest BCUT2D eigenvalue weighted by molar-refractivity contribution is 6.00. The molecular formula is C23H21NO6. The number of carbonyl (C=O) groups excluding carboxylic acids is 3. The Balaban J connectivity index is 1.57. The zero-order chi connectivity index (χ0) is 21.7. The topological polar surface area (TPSA) is 102 Å². The predicted octanol–water partition coefficient (Wildman–Crippen LogP) is 3.91. The van der Waals surface area contributed by atoms with E-state index in [4.69, 9.17) is 9.47 Å². The number of phenols is 1. The summed E-state index contributed by atoms with van der Waals surface area (Å²) in [5.74, 6) is -2.03. The summed E-state index contributed by atoms with van der Waals surface area (Å²) < 4.78 is 10.1. The highest BCUT2D eigenvalue weighted by atomic mass is 16.5. The fourth-order valence-electron chi connectivity index (χ4n) is 2.77. The first kappa shape index (κ1) is 20.9. The van der Waals surface area contributed by atoms with E-state index in [2.05, 4.69) is 5.32 Å². The molecule has 3 rings (SSSR count). The minimum absolute atomic E-state index is 0.0190. The smallest absolute Gasteiger partial charge is 0.342 e. The number of phenolic OH excluding ortho intramolecular Hbond substituents is 1. The van der Waals surface area contributed by atoms with Gasteiger partial charge >= 0.3 is 11.9 Å². The van der Waals surface area contributed by atoms with Gasteiger partial charge in [-0.1, -0.05) is 24.3 Å². The van der Waals surface area contributed by atoms with Gasteiger partial charge in [-0.2, -0.15) is 0 Å². The Morgan fingerprint density at radius 2 is 1.57 bits per heavy atom. The first-order valence-electron chi connectivity index (χ1n) is 9.33. The zero-order valence-electron chi connectivity index (χ0n) is 16.5. The van der Waals surface area contributed by atoms with Gasteiger partial charge < -0.3 is 19.9 Å². The molecule has 154 valence electrons. The molecule has 0 heterocycles. The molecule has 0 saturated heterocycles. The maximum atomic E-state index is 12.3. The van der Waals surface area contributed by atoms with Crippen LogP contribution in [-0.2, 0) is 14.3 Å². The number of fused-ring (bicyclic) bond motifs is 1. The maximum Gasteiger partial charge on any atom is 0.342 e. The number of hydrogen-bond acceptors (Lipinski definition) is 6. The highest BCUT2D eigenvalue weighted by Gasteiger charge is 2.16. The van der Waals surface area contributed by atoms with Crippen LogP contribution in [0, 0.1) is 0 Å². The van der Waals surface area contributed by atoms with E-state index in [1.807, 2.05) is 18.2 Å². The van der Waals surface area contributed by atoms with Crippen molar-refractivity contribution in [2.45, 2.75) is 20.0 Å². The number of benzene rings is 3. The van der Waals surface area contributed by atoms with Crippen LogP contribution in [0.2, 0.25) is 0 Å². The molecule has 3 aromatic rings. The Morgan fingerprint density at radius 3 is 2.20 bits per heavy atom. The summed E-state index contributed by atoms with van der Waals surface area (Å²) >= 11 is 0. The van der Waals surface area contributed by atoms with Crippen molar-refractivity contribution in [2.75, 3.05) is 11.9 Å². The third-order valence-corrected chi connectivity index (χ3v) is 4.17. The lowest BCUT2D eigenvalue weighted by molar-refractivity contribution is -0.119. The van der Waals surface area contributed by atoms with E-state index in [0.717, 1.165) is 10.8 Å². The van der Waals surface area contributed by atoms with Gasteiger partial charge in [-0.25, -0.2) is 9.59 Å². The molecule has 3 aromatic carbocycles. The van der Waals surface area contributed by atoms with Crippen molar-refractivity contribution >= 4 is 34.3 Å². The number of esters is 2. The Hall–Kier alpha value is -3.87. The van der Waals surface area contributed by atoms with Gasteiger partial charge in [-0.15, -0.1) is 0 Å². The van der Waals surface area contributed by atoms with Crippen LogP contribution in [0.5, 0.6) is 5.75 Å². The van der Waals surface area contributed by atoms with Crippen LogP contribution >= 0.6 is 0 Å². The Bertz CT molecular complexity index is 1090. The number of nitrogens with one attached hydrogen (secondary N) is 1. The van der Waals surface area contributed by atoms with Crippen LogP contribution in [0.3, 0.4) is 0 Å². The summed E-state index contributed by atoms with van der Waals surface area (Å²) in [6.07, 6.45) is -0.228. The van der Waals surface area contributed by atoms with E-state index in [1.54, 1.807) is 32.0 Å². The second-order valence-electron chi connectivity index (χ2n) is 6.87. The molecule has 30 heavy (non-hydrogen) atoms. The highest BCUT2D eigenvalue weighted by Crippen LogP contribution is 2.25. The van der Waals surface area contributed by atoms with E-state index in [-0.39, 0.29) is 17.4 Å². The van der Waals surface area contributed by atoms with Gasteiger partial charge in [0.2, 0.25) is 0 Å². The Morgan fingerprint density at radius 1 is 0.933 bits per heavy atom. The average molecular weight is 407 g/mol. The number of hydrogen-bond donors (Lipinski definition) is 2. The van der Waals surface area contributed by atoms with Crippen LogP contribution in [0.25, 0.3) is 10.8 Å². The van der Waals surface area contributed by atoms with Crippen LogP contribution in [-0.4, -0.2) is 35.7 Å². The molecular weight excluding hydrogens is 386 g/mol. The summed E-state index contributed by atoms with van der Waals surface area (Å²) in [5.41, 5.74) is 0.778. The van der Waals surface area contributed by atoms with Gasteiger partial charge in [-0.3, -0.25) is 4.79 Å². The molecule has 2 N–H and O–H groups in total. The van der Waals surface area contributed by atoms with Crippen LogP contribution in [0.4, 0.5) is 5.69 Å². The lowest BCUT2D eigenvalue weighted by atomic mass is 10.1. The second kappa shape index (κ2) is 9.09. The van der Waals surface area contributed by atoms with Crippen molar-refractivity contribution < 1.29 is 29.0 Å². The van der Waals surface area contributed by atoms with Crippen molar-refractivity contribution in [2.24, 2.45) is 0 Å². The van der Waals surface area contributed by atoms with Crippen molar-refractivity contribution in [3.8, 4) is 5.75 Å².